The lowest BCUT2D eigenvalue weighted by molar-refractivity contribution is -0.144. The average Bonchev–Trinajstić information content (AvgIpc) is 2.30. The highest BCUT2D eigenvalue weighted by atomic mass is 32.2. The van der Waals surface area contributed by atoms with Crippen LogP contribution in [0.3, 0.4) is 0 Å². The molecule has 0 aliphatic carbocycles. The number of hydrogen-bond donors (Lipinski definition) is 2. The molecule has 0 spiro atoms. The van der Waals surface area contributed by atoms with Gasteiger partial charge in [-0.15, -0.1) is 11.8 Å². The predicted octanol–water partition coefficient (Wildman–Crippen LogP) is 3.15. The lowest BCUT2D eigenvalue weighted by Crippen LogP contribution is -2.52. The summed E-state index contributed by atoms with van der Waals surface area (Å²) in [7, 11) is 0. The molecule has 2 N–H and O–H groups in total. The zero-order valence-electron chi connectivity index (χ0n) is 11.4. The van der Waals surface area contributed by atoms with Crippen LogP contribution in [0, 0.1) is 5.82 Å². The first-order valence-electron chi connectivity index (χ1n) is 6.23. The Balaban J connectivity index is 2.58. The SMILES string of the molecule is CC(C)NC(C)(CCSc1ccccc1F)C(=O)O. The van der Waals surface area contributed by atoms with E-state index in [0.717, 1.165) is 0 Å². The summed E-state index contributed by atoms with van der Waals surface area (Å²) in [5, 5.41) is 12.3. The molecule has 0 fully saturated rings. The maximum absolute atomic E-state index is 13.4. The van der Waals surface area contributed by atoms with Crippen LogP contribution in [-0.4, -0.2) is 28.4 Å². The number of rotatable bonds is 7. The highest BCUT2D eigenvalue weighted by molar-refractivity contribution is 7.99. The van der Waals surface area contributed by atoms with Crippen molar-refractivity contribution in [3.63, 3.8) is 0 Å². The monoisotopic (exact) mass is 285 g/mol. The maximum Gasteiger partial charge on any atom is 0.323 e. The fourth-order valence-electron chi connectivity index (χ4n) is 1.80. The Labute approximate surface area is 117 Å². The summed E-state index contributed by atoms with van der Waals surface area (Å²) in [6.45, 7) is 5.48. The molecule has 1 atom stereocenters. The fourth-order valence-corrected chi connectivity index (χ4v) is 2.92. The van der Waals surface area contributed by atoms with Gasteiger partial charge in [-0.3, -0.25) is 10.1 Å². The van der Waals surface area contributed by atoms with Crippen LogP contribution >= 0.6 is 11.8 Å². The number of aliphatic carboxylic acids is 1. The van der Waals surface area contributed by atoms with Crippen molar-refractivity contribution in [2.75, 3.05) is 5.75 Å². The van der Waals surface area contributed by atoms with Crippen LogP contribution in [0.4, 0.5) is 4.39 Å². The topological polar surface area (TPSA) is 49.3 Å². The molecular weight excluding hydrogens is 265 g/mol. The number of carbonyl (C=O) groups is 1. The van der Waals surface area contributed by atoms with Crippen molar-refractivity contribution in [3.05, 3.63) is 30.1 Å². The van der Waals surface area contributed by atoms with E-state index in [0.29, 0.717) is 17.1 Å². The lowest BCUT2D eigenvalue weighted by atomic mass is 9.98. The quantitative estimate of drug-likeness (QED) is 0.756. The Kier molecular flexibility index (Phi) is 5.82. The molecule has 0 bridgehead atoms. The Morgan fingerprint density at radius 3 is 2.63 bits per heavy atom. The molecule has 3 nitrogen and oxygen atoms in total. The number of thioether (sulfide) groups is 1. The first-order valence-corrected chi connectivity index (χ1v) is 7.22. The molecular formula is C14H20FNO2S. The Morgan fingerprint density at radius 1 is 1.47 bits per heavy atom. The van der Waals surface area contributed by atoms with Gasteiger partial charge in [-0.1, -0.05) is 12.1 Å². The van der Waals surface area contributed by atoms with Crippen molar-refractivity contribution in [1.82, 2.24) is 5.32 Å². The molecule has 0 aliphatic heterocycles. The van der Waals surface area contributed by atoms with E-state index in [-0.39, 0.29) is 11.9 Å². The molecule has 0 aliphatic rings. The normalized spacial score (nSPS) is 14.4. The summed E-state index contributed by atoms with van der Waals surface area (Å²) in [5.41, 5.74) is -0.980. The van der Waals surface area contributed by atoms with Gasteiger partial charge in [0.15, 0.2) is 0 Å². The second-order valence-electron chi connectivity index (χ2n) is 4.97. The number of nitrogens with one attached hydrogen (secondary N) is 1. The molecule has 0 heterocycles. The van der Waals surface area contributed by atoms with Crippen LogP contribution in [0.2, 0.25) is 0 Å². The minimum absolute atomic E-state index is 0.0829. The van der Waals surface area contributed by atoms with Crippen LogP contribution < -0.4 is 5.32 Å². The summed E-state index contributed by atoms with van der Waals surface area (Å²) < 4.78 is 13.4. The van der Waals surface area contributed by atoms with Gasteiger partial charge in [0, 0.05) is 16.7 Å². The van der Waals surface area contributed by atoms with Gasteiger partial charge in [0.25, 0.3) is 0 Å². The van der Waals surface area contributed by atoms with E-state index in [4.69, 9.17) is 0 Å². The van der Waals surface area contributed by atoms with Gasteiger partial charge in [-0.2, -0.15) is 0 Å². The first kappa shape index (κ1) is 16.0. The molecule has 1 rings (SSSR count). The average molecular weight is 285 g/mol. The van der Waals surface area contributed by atoms with Crippen LogP contribution in [0.5, 0.6) is 0 Å². The van der Waals surface area contributed by atoms with Gasteiger partial charge in [-0.25, -0.2) is 4.39 Å². The van der Waals surface area contributed by atoms with Gasteiger partial charge >= 0.3 is 5.97 Å². The Morgan fingerprint density at radius 2 is 2.11 bits per heavy atom. The molecule has 0 amide bonds. The molecule has 1 unspecified atom stereocenters. The van der Waals surface area contributed by atoms with E-state index < -0.39 is 11.5 Å². The second-order valence-corrected chi connectivity index (χ2v) is 6.10. The third-order valence-electron chi connectivity index (χ3n) is 2.78. The highest BCUT2D eigenvalue weighted by Crippen LogP contribution is 2.24. The number of benzene rings is 1. The van der Waals surface area contributed by atoms with E-state index in [1.165, 1.54) is 17.8 Å². The summed E-state index contributed by atoms with van der Waals surface area (Å²) >= 11 is 1.34. The first-order chi connectivity index (χ1) is 8.85. The van der Waals surface area contributed by atoms with E-state index in [1.54, 1.807) is 25.1 Å². The minimum Gasteiger partial charge on any atom is -0.480 e. The third kappa shape index (κ3) is 4.84. The summed E-state index contributed by atoms with van der Waals surface area (Å²) in [5.74, 6) is -0.597. The molecule has 106 valence electrons. The smallest absolute Gasteiger partial charge is 0.323 e. The second kappa shape index (κ2) is 6.91. The minimum atomic E-state index is -0.980. The molecule has 0 saturated heterocycles. The molecule has 0 saturated carbocycles. The van der Waals surface area contributed by atoms with E-state index >= 15 is 0 Å². The van der Waals surface area contributed by atoms with Crippen molar-refractivity contribution in [2.45, 2.75) is 43.7 Å². The van der Waals surface area contributed by atoms with Gasteiger partial charge in [-0.05, 0) is 39.3 Å². The van der Waals surface area contributed by atoms with Crippen molar-refractivity contribution >= 4 is 17.7 Å². The maximum atomic E-state index is 13.4. The number of halogens is 1. The summed E-state index contributed by atoms with van der Waals surface area (Å²) in [4.78, 5) is 11.9. The Bertz CT molecular complexity index is 439. The van der Waals surface area contributed by atoms with Crippen LogP contribution in [-0.2, 0) is 4.79 Å². The molecule has 0 radical (unpaired) electrons. The van der Waals surface area contributed by atoms with Gasteiger partial charge in [0.1, 0.15) is 11.4 Å². The number of hydrogen-bond acceptors (Lipinski definition) is 3. The van der Waals surface area contributed by atoms with Crippen LogP contribution in [0.15, 0.2) is 29.2 Å². The van der Waals surface area contributed by atoms with Crippen molar-refractivity contribution in [1.29, 1.82) is 0 Å². The third-order valence-corrected chi connectivity index (χ3v) is 3.83. The number of carboxylic acids is 1. The highest BCUT2D eigenvalue weighted by Gasteiger charge is 2.32. The molecule has 19 heavy (non-hydrogen) atoms. The van der Waals surface area contributed by atoms with Crippen LogP contribution in [0.25, 0.3) is 0 Å². The van der Waals surface area contributed by atoms with Gasteiger partial charge < -0.3 is 5.11 Å². The predicted molar refractivity (Wildman–Crippen MR) is 76.1 cm³/mol. The largest absolute Gasteiger partial charge is 0.480 e. The van der Waals surface area contributed by atoms with Crippen molar-refractivity contribution in [2.24, 2.45) is 0 Å². The van der Waals surface area contributed by atoms with Crippen molar-refractivity contribution in [3.8, 4) is 0 Å². The summed E-state index contributed by atoms with van der Waals surface area (Å²) in [6.07, 6.45) is 0.430. The molecule has 5 heteroatoms. The number of carboxylic acid groups (broad SMARTS) is 1. The standard InChI is InChI=1S/C14H20FNO2S/c1-10(2)16-14(3,13(17)18)8-9-19-12-7-5-4-6-11(12)15/h4-7,10,16H,8-9H2,1-3H3,(H,17,18). The Hall–Kier alpha value is -1.07. The zero-order valence-corrected chi connectivity index (χ0v) is 12.3. The zero-order chi connectivity index (χ0) is 14.5. The van der Waals surface area contributed by atoms with E-state index in [1.807, 2.05) is 13.8 Å². The van der Waals surface area contributed by atoms with Crippen LogP contribution in [0.1, 0.15) is 27.2 Å². The van der Waals surface area contributed by atoms with Gasteiger partial charge in [0.05, 0.1) is 0 Å². The fraction of sp³-hybridized carbons (Fsp3) is 0.500. The molecule has 0 aromatic heterocycles. The molecule has 1 aromatic rings. The van der Waals surface area contributed by atoms with Crippen molar-refractivity contribution < 1.29 is 14.3 Å². The summed E-state index contributed by atoms with van der Waals surface area (Å²) in [6, 6.07) is 6.61. The molecule has 1 aromatic carbocycles. The van der Waals surface area contributed by atoms with E-state index in [2.05, 4.69) is 5.32 Å². The van der Waals surface area contributed by atoms with E-state index in [9.17, 15) is 14.3 Å². The van der Waals surface area contributed by atoms with Gasteiger partial charge in [0.2, 0.25) is 0 Å². The lowest BCUT2D eigenvalue weighted by Gasteiger charge is -2.28.